The second kappa shape index (κ2) is 9.50. The Bertz CT molecular complexity index is 994. The van der Waals surface area contributed by atoms with Crippen LogP contribution in [0.3, 0.4) is 0 Å². The molecule has 0 aliphatic carbocycles. The summed E-state index contributed by atoms with van der Waals surface area (Å²) in [6.07, 6.45) is 2.50. The standard InChI is InChI=1S/C24H25N3O3/c1-29-21-9-4-6-18(15-21)14-20-8-5-10-22(26-20)23-17-27(12-13-30-23)24(28)16-19-7-2-3-11-25-19/h2-11,15,23H,12-14,16-17H2,1H3/t23-/m1/s1. The van der Waals surface area contributed by atoms with Crippen LogP contribution >= 0.6 is 0 Å². The van der Waals surface area contributed by atoms with Crippen LogP contribution in [0.15, 0.2) is 66.9 Å². The fourth-order valence-electron chi connectivity index (χ4n) is 3.59. The van der Waals surface area contributed by atoms with Crippen LogP contribution in [0, 0.1) is 0 Å². The largest absolute Gasteiger partial charge is 0.497 e. The second-order valence-electron chi connectivity index (χ2n) is 7.28. The van der Waals surface area contributed by atoms with Crippen molar-refractivity contribution in [2.24, 2.45) is 0 Å². The number of carbonyl (C=O) groups excluding carboxylic acids is 1. The first kappa shape index (κ1) is 20.0. The van der Waals surface area contributed by atoms with E-state index in [1.165, 1.54) is 0 Å². The van der Waals surface area contributed by atoms with Gasteiger partial charge in [0.25, 0.3) is 0 Å². The molecule has 6 heteroatoms. The molecule has 1 aliphatic heterocycles. The van der Waals surface area contributed by atoms with E-state index in [1.54, 1.807) is 13.3 Å². The molecule has 0 unspecified atom stereocenters. The van der Waals surface area contributed by atoms with Gasteiger partial charge in [0.15, 0.2) is 0 Å². The minimum Gasteiger partial charge on any atom is -0.497 e. The van der Waals surface area contributed by atoms with E-state index >= 15 is 0 Å². The number of morpholine rings is 1. The molecule has 0 spiro atoms. The van der Waals surface area contributed by atoms with Crippen molar-refractivity contribution < 1.29 is 14.3 Å². The molecule has 3 heterocycles. The smallest absolute Gasteiger partial charge is 0.228 e. The molecule has 1 fully saturated rings. The molecule has 4 rings (SSSR count). The summed E-state index contributed by atoms with van der Waals surface area (Å²) < 4.78 is 11.3. The molecule has 1 aromatic carbocycles. The van der Waals surface area contributed by atoms with E-state index in [4.69, 9.17) is 14.5 Å². The fourth-order valence-corrected chi connectivity index (χ4v) is 3.59. The zero-order chi connectivity index (χ0) is 20.8. The number of amides is 1. The van der Waals surface area contributed by atoms with Crippen molar-refractivity contribution in [3.63, 3.8) is 0 Å². The highest BCUT2D eigenvalue weighted by molar-refractivity contribution is 5.78. The number of ether oxygens (including phenoxy) is 2. The summed E-state index contributed by atoms with van der Waals surface area (Å²) in [6, 6.07) is 19.6. The lowest BCUT2D eigenvalue weighted by Gasteiger charge is -2.32. The summed E-state index contributed by atoms with van der Waals surface area (Å²) in [4.78, 5) is 23.6. The van der Waals surface area contributed by atoms with Gasteiger partial charge in [-0.3, -0.25) is 14.8 Å². The topological polar surface area (TPSA) is 64.5 Å². The van der Waals surface area contributed by atoms with Crippen LogP contribution in [-0.4, -0.2) is 47.6 Å². The molecule has 0 N–H and O–H groups in total. The number of rotatable bonds is 6. The summed E-state index contributed by atoms with van der Waals surface area (Å²) in [5, 5.41) is 0. The lowest BCUT2D eigenvalue weighted by molar-refractivity contribution is -0.138. The molecule has 1 amide bonds. The van der Waals surface area contributed by atoms with Crippen LogP contribution < -0.4 is 4.74 Å². The monoisotopic (exact) mass is 403 g/mol. The van der Waals surface area contributed by atoms with Gasteiger partial charge in [0.2, 0.25) is 5.91 Å². The van der Waals surface area contributed by atoms with Gasteiger partial charge in [-0.15, -0.1) is 0 Å². The van der Waals surface area contributed by atoms with Crippen molar-refractivity contribution in [2.45, 2.75) is 18.9 Å². The van der Waals surface area contributed by atoms with Crippen LogP contribution in [0.4, 0.5) is 0 Å². The molecule has 154 valence electrons. The highest BCUT2D eigenvalue weighted by Crippen LogP contribution is 2.22. The van der Waals surface area contributed by atoms with Crippen molar-refractivity contribution >= 4 is 5.91 Å². The van der Waals surface area contributed by atoms with Crippen molar-refractivity contribution in [3.05, 3.63) is 89.5 Å². The number of nitrogens with zero attached hydrogens (tertiary/aromatic N) is 3. The molecule has 1 saturated heterocycles. The summed E-state index contributed by atoms with van der Waals surface area (Å²) in [7, 11) is 1.67. The molecule has 2 aromatic heterocycles. The van der Waals surface area contributed by atoms with Crippen molar-refractivity contribution in [3.8, 4) is 5.75 Å². The molecule has 1 atom stereocenters. The second-order valence-corrected chi connectivity index (χ2v) is 7.28. The third-order valence-electron chi connectivity index (χ3n) is 5.16. The molecule has 1 aliphatic rings. The highest BCUT2D eigenvalue weighted by atomic mass is 16.5. The first-order valence-corrected chi connectivity index (χ1v) is 10.1. The van der Waals surface area contributed by atoms with E-state index in [9.17, 15) is 4.79 Å². The van der Waals surface area contributed by atoms with Gasteiger partial charge >= 0.3 is 0 Å². The lowest BCUT2D eigenvalue weighted by Crippen LogP contribution is -2.43. The van der Waals surface area contributed by atoms with E-state index in [-0.39, 0.29) is 12.0 Å². The normalized spacial score (nSPS) is 16.3. The van der Waals surface area contributed by atoms with Crippen molar-refractivity contribution in [1.82, 2.24) is 14.9 Å². The highest BCUT2D eigenvalue weighted by Gasteiger charge is 2.26. The predicted octanol–water partition coefficient (Wildman–Crippen LogP) is 3.22. The molecule has 0 radical (unpaired) electrons. The minimum absolute atomic E-state index is 0.0644. The Balaban J connectivity index is 1.43. The number of methoxy groups -OCH3 is 1. The van der Waals surface area contributed by atoms with E-state index in [0.717, 1.165) is 28.4 Å². The SMILES string of the molecule is COc1cccc(Cc2cccc([C@H]3CN(C(=O)Cc4ccccn4)CCO3)n2)c1. The Morgan fingerprint density at radius 2 is 2.00 bits per heavy atom. The Hall–Kier alpha value is -3.25. The van der Waals surface area contributed by atoms with E-state index in [2.05, 4.69) is 11.1 Å². The maximum atomic E-state index is 12.7. The first-order chi connectivity index (χ1) is 14.7. The third kappa shape index (κ3) is 5.02. The summed E-state index contributed by atoms with van der Waals surface area (Å²) in [6.45, 7) is 1.59. The number of carbonyl (C=O) groups is 1. The molecule has 0 bridgehead atoms. The average Bonchev–Trinajstić information content (AvgIpc) is 2.80. The summed E-state index contributed by atoms with van der Waals surface area (Å²) >= 11 is 0. The van der Waals surface area contributed by atoms with Gasteiger partial charge in [0.05, 0.1) is 32.4 Å². The van der Waals surface area contributed by atoms with E-state index < -0.39 is 0 Å². The summed E-state index contributed by atoms with van der Waals surface area (Å²) in [5.74, 6) is 0.899. The molecule has 6 nitrogen and oxygen atoms in total. The molecule has 0 saturated carbocycles. The minimum atomic E-state index is -0.225. The number of aromatic nitrogens is 2. The third-order valence-corrected chi connectivity index (χ3v) is 5.16. The zero-order valence-electron chi connectivity index (χ0n) is 17.0. The van der Waals surface area contributed by atoms with Crippen molar-refractivity contribution in [2.75, 3.05) is 26.8 Å². The van der Waals surface area contributed by atoms with E-state index in [0.29, 0.717) is 32.5 Å². The van der Waals surface area contributed by atoms with Crippen LogP contribution in [0.2, 0.25) is 0 Å². The Kier molecular flexibility index (Phi) is 6.35. The Morgan fingerprint density at radius 3 is 2.83 bits per heavy atom. The average molecular weight is 403 g/mol. The predicted molar refractivity (Wildman–Crippen MR) is 113 cm³/mol. The van der Waals surface area contributed by atoms with E-state index in [1.807, 2.05) is 59.5 Å². The lowest BCUT2D eigenvalue weighted by atomic mass is 10.1. The van der Waals surface area contributed by atoms with Crippen LogP contribution in [0.1, 0.15) is 28.7 Å². The Morgan fingerprint density at radius 1 is 1.13 bits per heavy atom. The number of pyridine rings is 2. The van der Waals surface area contributed by atoms with Crippen LogP contribution in [0.5, 0.6) is 5.75 Å². The van der Waals surface area contributed by atoms with Gasteiger partial charge < -0.3 is 14.4 Å². The molecular formula is C24H25N3O3. The molecule has 3 aromatic rings. The summed E-state index contributed by atoms with van der Waals surface area (Å²) in [5.41, 5.74) is 3.73. The van der Waals surface area contributed by atoms with Gasteiger partial charge in [-0.25, -0.2) is 0 Å². The molecular weight excluding hydrogens is 378 g/mol. The van der Waals surface area contributed by atoms with Crippen molar-refractivity contribution in [1.29, 1.82) is 0 Å². The zero-order valence-corrected chi connectivity index (χ0v) is 17.0. The maximum Gasteiger partial charge on any atom is 0.228 e. The van der Waals surface area contributed by atoms with Crippen LogP contribution in [-0.2, 0) is 22.4 Å². The number of benzene rings is 1. The van der Waals surface area contributed by atoms with Gasteiger partial charge in [0.1, 0.15) is 11.9 Å². The molecule has 30 heavy (non-hydrogen) atoms. The number of hydrogen-bond donors (Lipinski definition) is 0. The van der Waals surface area contributed by atoms with Gasteiger partial charge in [0, 0.05) is 30.6 Å². The first-order valence-electron chi connectivity index (χ1n) is 10.1. The number of hydrogen-bond acceptors (Lipinski definition) is 5. The van der Waals surface area contributed by atoms with Gasteiger partial charge in [-0.2, -0.15) is 0 Å². The fraction of sp³-hybridized carbons (Fsp3) is 0.292. The van der Waals surface area contributed by atoms with Gasteiger partial charge in [-0.05, 0) is 42.0 Å². The van der Waals surface area contributed by atoms with Gasteiger partial charge in [-0.1, -0.05) is 24.3 Å². The van der Waals surface area contributed by atoms with Crippen LogP contribution in [0.25, 0.3) is 0 Å². The maximum absolute atomic E-state index is 12.7. The Labute approximate surface area is 176 Å². The quantitative estimate of drug-likeness (QED) is 0.632.